The van der Waals surface area contributed by atoms with Crippen molar-refractivity contribution in [1.82, 2.24) is 5.32 Å². The Bertz CT molecular complexity index is 438. The summed E-state index contributed by atoms with van der Waals surface area (Å²) in [6.07, 6.45) is 0.822. The van der Waals surface area contributed by atoms with E-state index in [0.717, 1.165) is 16.9 Å². The molecule has 0 aliphatic rings. The molecule has 0 unspecified atom stereocenters. The van der Waals surface area contributed by atoms with E-state index in [1.165, 1.54) is 0 Å². The summed E-state index contributed by atoms with van der Waals surface area (Å²) in [5, 5.41) is 2.68. The first-order valence-corrected chi connectivity index (χ1v) is 6.24. The van der Waals surface area contributed by atoms with Gasteiger partial charge in [0.15, 0.2) is 6.61 Å². The first-order valence-electron chi connectivity index (χ1n) is 6.24. The van der Waals surface area contributed by atoms with E-state index < -0.39 is 0 Å². The molecule has 0 spiro atoms. The molecule has 0 saturated heterocycles. The Morgan fingerprint density at radius 1 is 1.26 bits per heavy atom. The molecule has 2 amide bonds. The highest BCUT2D eigenvalue weighted by molar-refractivity contribution is 5.77. The lowest BCUT2D eigenvalue weighted by molar-refractivity contribution is -0.123. The Labute approximate surface area is 113 Å². The summed E-state index contributed by atoms with van der Waals surface area (Å²) in [6, 6.07) is 5.82. The monoisotopic (exact) mass is 264 g/mol. The quantitative estimate of drug-likeness (QED) is 0.723. The number of carbonyl (C=O) groups excluding carboxylic acids is 2. The van der Waals surface area contributed by atoms with Crippen molar-refractivity contribution in [3.8, 4) is 5.75 Å². The number of carbonyl (C=O) groups is 2. The SMILES string of the molecule is Cc1cccc(C)c1OCC(=O)NCCCC(N)=O. The summed E-state index contributed by atoms with van der Waals surface area (Å²) in [7, 11) is 0. The minimum Gasteiger partial charge on any atom is -0.483 e. The number of aryl methyl sites for hydroxylation is 2. The number of para-hydroxylation sites is 1. The average molecular weight is 264 g/mol. The molecule has 1 aromatic rings. The van der Waals surface area contributed by atoms with Crippen LogP contribution in [0.1, 0.15) is 24.0 Å². The molecule has 0 aliphatic heterocycles. The van der Waals surface area contributed by atoms with Crippen LogP contribution in [-0.4, -0.2) is 25.0 Å². The summed E-state index contributed by atoms with van der Waals surface area (Å²) >= 11 is 0. The fraction of sp³-hybridized carbons (Fsp3) is 0.429. The maximum absolute atomic E-state index is 11.5. The minimum absolute atomic E-state index is 0.0255. The van der Waals surface area contributed by atoms with Gasteiger partial charge in [0.05, 0.1) is 0 Å². The molecule has 0 atom stereocenters. The molecular weight excluding hydrogens is 244 g/mol. The molecule has 0 heterocycles. The third-order valence-electron chi connectivity index (χ3n) is 2.68. The summed E-state index contributed by atoms with van der Waals surface area (Å²) in [4.78, 5) is 22.0. The molecule has 5 heteroatoms. The lowest BCUT2D eigenvalue weighted by atomic mass is 10.1. The zero-order valence-corrected chi connectivity index (χ0v) is 11.4. The van der Waals surface area contributed by atoms with Crippen LogP contribution in [0.3, 0.4) is 0 Å². The molecule has 0 aromatic heterocycles. The van der Waals surface area contributed by atoms with Crippen LogP contribution in [0.5, 0.6) is 5.75 Å². The van der Waals surface area contributed by atoms with Crippen molar-refractivity contribution in [2.75, 3.05) is 13.2 Å². The normalized spacial score (nSPS) is 10.0. The molecule has 3 N–H and O–H groups in total. The average Bonchev–Trinajstić information content (AvgIpc) is 2.34. The molecule has 0 radical (unpaired) electrons. The van der Waals surface area contributed by atoms with Gasteiger partial charge in [0.2, 0.25) is 5.91 Å². The van der Waals surface area contributed by atoms with Gasteiger partial charge in [-0.25, -0.2) is 0 Å². The fourth-order valence-corrected chi connectivity index (χ4v) is 1.71. The molecule has 0 saturated carbocycles. The molecule has 104 valence electrons. The highest BCUT2D eigenvalue weighted by atomic mass is 16.5. The van der Waals surface area contributed by atoms with Crippen LogP contribution in [0.2, 0.25) is 0 Å². The maximum Gasteiger partial charge on any atom is 0.257 e. The van der Waals surface area contributed by atoms with Gasteiger partial charge >= 0.3 is 0 Å². The summed E-state index contributed by atoms with van der Waals surface area (Å²) in [5.74, 6) is 0.183. The third-order valence-corrected chi connectivity index (χ3v) is 2.68. The van der Waals surface area contributed by atoms with E-state index in [1.54, 1.807) is 0 Å². The van der Waals surface area contributed by atoms with Crippen molar-refractivity contribution < 1.29 is 14.3 Å². The standard InChI is InChI=1S/C14H20N2O3/c1-10-5-3-6-11(2)14(10)19-9-13(18)16-8-4-7-12(15)17/h3,5-6H,4,7-9H2,1-2H3,(H2,15,17)(H,16,18). The lowest BCUT2D eigenvalue weighted by Gasteiger charge is -2.11. The van der Waals surface area contributed by atoms with Gasteiger partial charge < -0.3 is 15.8 Å². The number of hydrogen-bond donors (Lipinski definition) is 2. The van der Waals surface area contributed by atoms with Crippen molar-refractivity contribution in [2.24, 2.45) is 5.73 Å². The van der Waals surface area contributed by atoms with Gasteiger partial charge in [-0.2, -0.15) is 0 Å². The Kier molecular flexibility index (Phi) is 5.85. The zero-order chi connectivity index (χ0) is 14.3. The van der Waals surface area contributed by atoms with Gasteiger partial charge in [-0.05, 0) is 31.4 Å². The Morgan fingerprint density at radius 3 is 2.47 bits per heavy atom. The Balaban J connectivity index is 2.32. The number of amides is 2. The second-order valence-corrected chi connectivity index (χ2v) is 4.43. The summed E-state index contributed by atoms with van der Waals surface area (Å²) < 4.78 is 5.50. The van der Waals surface area contributed by atoms with E-state index >= 15 is 0 Å². The maximum atomic E-state index is 11.5. The highest BCUT2D eigenvalue weighted by Gasteiger charge is 2.06. The van der Waals surface area contributed by atoms with Crippen LogP contribution in [0.15, 0.2) is 18.2 Å². The van der Waals surface area contributed by atoms with Crippen LogP contribution >= 0.6 is 0 Å². The van der Waals surface area contributed by atoms with Gasteiger partial charge in [-0.1, -0.05) is 18.2 Å². The number of nitrogens with two attached hydrogens (primary N) is 1. The largest absolute Gasteiger partial charge is 0.483 e. The topological polar surface area (TPSA) is 81.4 Å². The molecule has 5 nitrogen and oxygen atoms in total. The van der Waals surface area contributed by atoms with E-state index in [9.17, 15) is 9.59 Å². The Morgan fingerprint density at radius 2 is 1.89 bits per heavy atom. The zero-order valence-electron chi connectivity index (χ0n) is 11.4. The van der Waals surface area contributed by atoms with Gasteiger partial charge in [-0.3, -0.25) is 9.59 Å². The molecule has 1 aromatic carbocycles. The van der Waals surface area contributed by atoms with Crippen LogP contribution in [0.4, 0.5) is 0 Å². The van der Waals surface area contributed by atoms with E-state index in [4.69, 9.17) is 10.5 Å². The number of rotatable bonds is 7. The summed E-state index contributed by atoms with van der Waals surface area (Å²) in [6.45, 7) is 4.28. The van der Waals surface area contributed by atoms with Crippen molar-refractivity contribution in [2.45, 2.75) is 26.7 Å². The van der Waals surface area contributed by atoms with Crippen molar-refractivity contribution in [3.05, 3.63) is 29.3 Å². The van der Waals surface area contributed by atoms with E-state index in [2.05, 4.69) is 5.32 Å². The number of primary amides is 1. The van der Waals surface area contributed by atoms with Crippen molar-refractivity contribution in [1.29, 1.82) is 0 Å². The number of ether oxygens (including phenoxy) is 1. The van der Waals surface area contributed by atoms with Gasteiger partial charge in [-0.15, -0.1) is 0 Å². The number of benzene rings is 1. The molecule has 19 heavy (non-hydrogen) atoms. The Hall–Kier alpha value is -2.04. The van der Waals surface area contributed by atoms with Crippen molar-refractivity contribution >= 4 is 11.8 Å². The van der Waals surface area contributed by atoms with Gasteiger partial charge in [0.25, 0.3) is 5.91 Å². The fourth-order valence-electron chi connectivity index (χ4n) is 1.71. The first kappa shape index (κ1) is 15.0. The summed E-state index contributed by atoms with van der Waals surface area (Å²) in [5.41, 5.74) is 7.00. The molecule has 1 rings (SSSR count). The van der Waals surface area contributed by atoms with Crippen LogP contribution < -0.4 is 15.8 Å². The van der Waals surface area contributed by atoms with E-state index in [-0.39, 0.29) is 24.8 Å². The smallest absolute Gasteiger partial charge is 0.257 e. The van der Waals surface area contributed by atoms with Gasteiger partial charge in [0, 0.05) is 13.0 Å². The predicted molar refractivity (Wildman–Crippen MR) is 72.8 cm³/mol. The second-order valence-electron chi connectivity index (χ2n) is 4.43. The number of nitrogens with one attached hydrogen (secondary N) is 1. The van der Waals surface area contributed by atoms with Crippen LogP contribution in [0.25, 0.3) is 0 Å². The van der Waals surface area contributed by atoms with Crippen LogP contribution in [0, 0.1) is 13.8 Å². The third kappa shape index (κ3) is 5.42. The molecule has 0 bridgehead atoms. The predicted octanol–water partition coefficient (Wildman–Crippen LogP) is 1.06. The van der Waals surface area contributed by atoms with E-state index in [0.29, 0.717) is 13.0 Å². The lowest BCUT2D eigenvalue weighted by Crippen LogP contribution is -2.30. The molecule has 0 aliphatic carbocycles. The number of hydrogen-bond acceptors (Lipinski definition) is 3. The van der Waals surface area contributed by atoms with Gasteiger partial charge in [0.1, 0.15) is 5.75 Å². The van der Waals surface area contributed by atoms with Crippen LogP contribution in [-0.2, 0) is 9.59 Å². The highest BCUT2D eigenvalue weighted by Crippen LogP contribution is 2.21. The van der Waals surface area contributed by atoms with Crippen molar-refractivity contribution in [3.63, 3.8) is 0 Å². The second kappa shape index (κ2) is 7.41. The molecular formula is C14H20N2O3. The van der Waals surface area contributed by atoms with E-state index in [1.807, 2.05) is 32.0 Å². The first-order chi connectivity index (χ1) is 9.00. The minimum atomic E-state index is -0.360. The molecule has 0 fully saturated rings.